The van der Waals surface area contributed by atoms with E-state index in [1.54, 1.807) is 27.7 Å². The predicted octanol–water partition coefficient (Wildman–Crippen LogP) is -5.44. The van der Waals surface area contributed by atoms with Gasteiger partial charge in [0, 0.05) is 13.0 Å². The highest BCUT2D eigenvalue weighted by Gasteiger charge is 2.38. The molecular weight excluding hydrogens is 1070 g/mol. The SMILES string of the molecule is CCC(C)CCCCC(=O)NC(CCN)C(=O)N[C@H](C(=O)NC(CCN)C(=O)NC1CCNC(=O)[C@H]([C@@H](C)O)NC(=O)C(CCN)NC(=O)C(CCN)NC(=O)C(C(C)CC)NC(=O)C(CC(C)C)NC(=O)C(CCN)NC1=O)[C@@H](C)O. The zero-order chi connectivity index (χ0) is 62.2. The van der Waals surface area contributed by atoms with Crippen LogP contribution in [0.15, 0.2) is 0 Å². The number of aliphatic hydroxyl groups excluding tert-OH is 2. The summed E-state index contributed by atoms with van der Waals surface area (Å²) < 4.78 is 0. The van der Waals surface area contributed by atoms with Crippen molar-refractivity contribution in [3.8, 4) is 0 Å². The van der Waals surface area contributed by atoms with Crippen molar-refractivity contribution in [1.82, 2.24) is 58.5 Å². The Morgan fingerprint density at radius 2 is 1.02 bits per heavy atom. The van der Waals surface area contributed by atoms with Gasteiger partial charge < -0.3 is 97.4 Å². The molecule has 14 atom stereocenters. The smallest absolute Gasteiger partial charge is 0.245 e. The van der Waals surface area contributed by atoms with Gasteiger partial charge in [-0.25, -0.2) is 0 Å². The molecule has 1 saturated heterocycles. The van der Waals surface area contributed by atoms with E-state index in [2.05, 4.69) is 72.3 Å². The fourth-order valence-corrected chi connectivity index (χ4v) is 8.73. The predicted molar refractivity (Wildman–Crippen MR) is 305 cm³/mol. The van der Waals surface area contributed by atoms with Crippen LogP contribution in [0.3, 0.4) is 0 Å². The molecule has 82 heavy (non-hydrogen) atoms. The molecule has 10 unspecified atom stereocenters. The van der Waals surface area contributed by atoms with Crippen LogP contribution in [0, 0.1) is 17.8 Å². The molecule has 0 radical (unpaired) electrons. The van der Waals surface area contributed by atoms with E-state index in [0.29, 0.717) is 18.8 Å². The van der Waals surface area contributed by atoms with Crippen molar-refractivity contribution in [3.63, 3.8) is 0 Å². The van der Waals surface area contributed by atoms with Crippen LogP contribution in [0.25, 0.3) is 0 Å². The van der Waals surface area contributed by atoms with Gasteiger partial charge in [-0.15, -0.1) is 0 Å². The van der Waals surface area contributed by atoms with Crippen LogP contribution in [0.5, 0.6) is 0 Å². The molecule has 0 aromatic heterocycles. The van der Waals surface area contributed by atoms with Crippen molar-refractivity contribution in [2.75, 3.05) is 39.3 Å². The summed E-state index contributed by atoms with van der Waals surface area (Å²) >= 11 is 0. The third-order valence-electron chi connectivity index (χ3n) is 14.1. The number of unbranched alkanes of at least 4 members (excludes halogenated alkanes) is 1. The second-order valence-electron chi connectivity index (χ2n) is 21.7. The van der Waals surface area contributed by atoms with Crippen LogP contribution in [-0.4, -0.2) is 187 Å². The molecule has 1 aliphatic rings. The molecule has 1 rings (SSSR count). The molecule has 1 aliphatic heterocycles. The van der Waals surface area contributed by atoms with Gasteiger partial charge in [0.1, 0.15) is 60.4 Å². The molecule has 0 aromatic rings. The lowest BCUT2D eigenvalue weighted by Crippen LogP contribution is -2.62. The first-order valence-corrected chi connectivity index (χ1v) is 28.9. The van der Waals surface area contributed by atoms with E-state index in [1.165, 1.54) is 13.8 Å². The van der Waals surface area contributed by atoms with Crippen molar-refractivity contribution in [3.05, 3.63) is 0 Å². The van der Waals surface area contributed by atoms with E-state index in [-0.39, 0.29) is 83.6 Å². The Morgan fingerprint density at radius 3 is 1.51 bits per heavy atom. The summed E-state index contributed by atoms with van der Waals surface area (Å²) in [6.07, 6.45) is -0.469. The summed E-state index contributed by atoms with van der Waals surface area (Å²) in [6.45, 7) is 12.5. The first-order valence-electron chi connectivity index (χ1n) is 28.9. The van der Waals surface area contributed by atoms with Gasteiger partial charge >= 0.3 is 0 Å². The summed E-state index contributed by atoms with van der Waals surface area (Å²) in [4.78, 5) is 153. The topological polar surface area (TPSA) is 491 Å². The maximum atomic E-state index is 14.4. The fourth-order valence-electron chi connectivity index (χ4n) is 8.73. The number of rotatable bonds is 29. The van der Waals surface area contributed by atoms with Gasteiger partial charge in [0.05, 0.1) is 12.2 Å². The van der Waals surface area contributed by atoms with Gasteiger partial charge in [0.15, 0.2) is 0 Å². The van der Waals surface area contributed by atoms with Crippen LogP contribution in [0.2, 0.25) is 0 Å². The molecule has 11 amide bonds. The van der Waals surface area contributed by atoms with Crippen molar-refractivity contribution >= 4 is 65.0 Å². The Morgan fingerprint density at radius 1 is 0.537 bits per heavy atom. The second kappa shape index (κ2) is 39.4. The summed E-state index contributed by atoms with van der Waals surface area (Å²) in [5, 5.41) is 49.6. The molecule has 0 saturated carbocycles. The maximum absolute atomic E-state index is 14.4. The number of aliphatic hydroxyl groups is 2. The highest BCUT2D eigenvalue weighted by molar-refractivity contribution is 5.99. The monoisotopic (exact) mass is 1170 g/mol. The molecule has 0 spiro atoms. The lowest BCUT2D eigenvalue weighted by Gasteiger charge is -2.30. The number of hydrogen-bond acceptors (Lipinski definition) is 18. The van der Waals surface area contributed by atoms with E-state index in [4.69, 9.17) is 28.7 Å². The molecule has 0 bridgehead atoms. The average Bonchev–Trinajstić information content (AvgIpc) is 3.48. The van der Waals surface area contributed by atoms with Crippen molar-refractivity contribution in [1.29, 1.82) is 0 Å². The number of amides is 11. The van der Waals surface area contributed by atoms with E-state index in [9.17, 15) is 63.0 Å². The van der Waals surface area contributed by atoms with Crippen molar-refractivity contribution in [2.45, 2.75) is 211 Å². The molecule has 1 fully saturated rings. The number of hydrogen-bond donors (Lipinski definition) is 18. The Balaban J connectivity index is 3.82. The summed E-state index contributed by atoms with van der Waals surface area (Å²) in [5.41, 5.74) is 29.2. The van der Waals surface area contributed by atoms with Crippen LogP contribution < -0.4 is 87.2 Å². The molecule has 0 aliphatic carbocycles. The van der Waals surface area contributed by atoms with Gasteiger partial charge in [-0.05, 0) is 116 Å². The molecule has 29 nitrogen and oxygen atoms in total. The summed E-state index contributed by atoms with van der Waals surface area (Å²) in [7, 11) is 0. The Bertz CT molecular complexity index is 2070. The standard InChI is InChI=1S/C53H100N16O13/c1-9-29(5)13-11-12-14-40(72)60-33(15-21-54)48(77)69-43(32(8)71)53(82)65-36(18-24-57)45(74)63-38-20-26-59-51(80)42(31(7)70)68-49(78)37(19-25-58)62-44(73)35(17-23-56)64-52(81)41(30(6)10-2)67-50(79)39(27-28(3)4)66-46(75)34(16-22-55)61-47(38)76/h28-39,41-43,70-71H,9-27,54-58H2,1-8H3,(H,59,80)(H,60,72)(H,61,76)(H,62,73)(H,63,74)(H,64,81)(H,65,82)(H,66,75)(H,67,79)(H,68,78)(H,69,77)/t29?,30?,31-,32-,33?,34?,35?,36?,37?,38?,39?,41?,42+,43+/m1/s1. The van der Waals surface area contributed by atoms with Gasteiger partial charge in [-0.2, -0.15) is 0 Å². The van der Waals surface area contributed by atoms with Gasteiger partial charge in [-0.1, -0.05) is 67.2 Å². The summed E-state index contributed by atoms with van der Waals surface area (Å²) in [6, 6.07) is -14.5. The van der Waals surface area contributed by atoms with Crippen LogP contribution in [0.1, 0.15) is 139 Å². The minimum absolute atomic E-state index is 0.0131. The number of carbonyl (C=O) groups excluding carboxylic acids is 11. The van der Waals surface area contributed by atoms with E-state index < -0.39 is 156 Å². The third kappa shape index (κ3) is 26.4. The lowest BCUT2D eigenvalue weighted by molar-refractivity contribution is -0.137. The second-order valence-corrected chi connectivity index (χ2v) is 21.7. The van der Waals surface area contributed by atoms with Gasteiger partial charge in [0.25, 0.3) is 0 Å². The molecule has 470 valence electrons. The minimum atomic E-state index is -1.69. The van der Waals surface area contributed by atoms with Gasteiger partial charge in [-0.3, -0.25) is 52.7 Å². The zero-order valence-electron chi connectivity index (χ0n) is 49.4. The van der Waals surface area contributed by atoms with Gasteiger partial charge in [0.2, 0.25) is 65.0 Å². The first kappa shape index (κ1) is 73.9. The molecular formula is C53H100N16O13. The Labute approximate surface area is 482 Å². The molecule has 29 heteroatoms. The maximum Gasteiger partial charge on any atom is 0.245 e. The zero-order valence-corrected chi connectivity index (χ0v) is 49.4. The Kier molecular flexibility index (Phi) is 35.5. The van der Waals surface area contributed by atoms with Crippen LogP contribution in [0.4, 0.5) is 0 Å². The third-order valence-corrected chi connectivity index (χ3v) is 14.1. The number of nitrogens with two attached hydrogens (primary N) is 5. The first-order chi connectivity index (χ1) is 38.7. The normalized spacial score (nSPS) is 23.8. The Hall–Kier alpha value is -6.11. The lowest BCUT2D eigenvalue weighted by atomic mass is 9.96. The molecule has 23 N–H and O–H groups in total. The van der Waals surface area contributed by atoms with E-state index in [1.807, 2.05) is 0 Å². The number of carbonyl (C=O) groups is 11. The van der Waals surface area contributed by atoms with Crippen molar-refractivity contribution in [2.24, 2.45) is 46.4 Å². The summed E-state index contributed by atoms with van der Waals surface area (Å²) in [5.74, 6) is -9.84. The van der Waals surface area contributed by atoms with E-state index >= 15 is 0 Å². The van der Waals surface area contributed by atoms with Crippen molar-refractivity contribution < 1.29 is 63.0 Å². The fraction of sp³-hybridized carbons (Fsp3) is 0.792. The quantitative estimate of drug-likeness (QED) is 0.0311. The highest BCUT2D eigenvalue weighted by Crippen LogP contribution is 2.15. The minimum Gasteiger partial charge on any atom is -0.391 e. The highest BCUT2D eigenvalue weighted by atomic mass is 16.3. The van der Waals surface area contributed by atoms with Crippen LogP contribution >= 0.6 is 0 Å². The molecule has 0 aromatic carbocycles. The van der Waals surface area contributed by atoms with Crippen LogP contribution in [-0.2, 0) is 52.7 Å². The molecule has 1 heterocycles. The largest absolute Gasteiger partial charge is 0.391 e. The van der Waals surface area contributed by atoms with E-state index in [0.717, 1.165) is 19.3 Å². The number of nitrogens with one attached hydrogen (secondary N) is 11. The average molecular weight is 1170 g/mol.